The summed E-state index contributed by atoms with van der Waals surface area (Å²) in [5, 5.41) is 4.15. The molecule has 2 nitrogen and oxygen atoms in total. The van der Waals surface area contributed by atoms with Gasteiger partial charge in [0, 0.05) is 11.2 Å². The van der Waals surface area contributed by atoms with Gasteiger partial charge in [-0.05, 0) is 30.7 Å². The molecule has 2 rings (SSSR count). The second-order valence-corrected chi connectivity index (χ2v) is 4.70. The maximum atomic E-state index is 13.0. The number of aromatic nitrogens is 1. The van der Waals surface area contributed by atoms with Gasteiger partial charge >= 0.3 is 0 Å². The smallest absolute Gasteiger partial charge is 0.124 e. The summed E-state index contributed by atoms with van der Waals surface area (Å²) in [7, 11) is 0. The average Bonchev–Trinajstić information content (AvgIpc) is 2.32. The van der Waals surface area contributed by atoms with Gasteiger partial charge in [-0.3, -0.25) is 4.98 Å². The van der Waals surface area contributed by atoms with Crippen molar-refractivity contribution in [2.24, 2.45) is 0 Å². The van der Waals surface area contributed by atoms with Crippen LogP contribution in [0.3, 0.4) is 0 Å². The van der Waals surface area contributed by atoms with Gasteiger partial charge in [0.05, 0.1) is 22.9 Å². The maximum absolute atomic E-state index is 13.0. The lowest BCUT2D eigenvalue weighted by Gasteiger charge is -2.17. The lowest BCUT2D eigenvalue weighted by Crippen LogP contribution is -2.08. The molecule has 1 atom stereocenters. The summed E-state index contributed by atoms with van der Waals surface area (Å²) in [4.78, 5) is 3.99. The van der Waals surface area contributed by atoms with Crippen molar-refractivity contribution in [3.05, 3.63) is 58.1 Å². The molecule has 1 unspecified atom stereocenters. The first kappa shape index (κ1) is 13.1. The number of halogens is 3. The molecule has 0 aliphatic rings. The van der Waals surface area contributed by atoms with Crippen molar-refractivity contribution >= 4 is 28.9 Å². The third kappa shape index (κ3) is 2.92. The molecule has 0 amide bonds. The molecule has 94 valence electrons. The van der Waals surface area contributed by atoms with Crippen molar-refractivity contribution < 1.29 is 4.39 Å². The summed E-state index contributed by atoms with van der Waals surface area (Å²) in [6.45, 7) is 1.92. The molecule has 18 heavy (non-hydrogen) atoms. The first-order chi connectivity index (χ1) is 8.58. The Kier molecular flexibility index (Phi) is 4.04. The fraction of sp³-hybridized carbons (Fsp3) is 0.154. The molecular formula is C13H11Cl2FN2. The molecule has 0 saturated heterocycles. The molecule has 0 radical (unpaired) electrons. The van der Waals surface area contributed by atoms with Crippen molar-refractivity contribution in [2.45, 2.75) is 13.0 Å². The Balaban J connectivity index is 2.22. The van der Waals surface area contributed by atoms with Crippen molar-refractivity contribution in [3.63, 3.8) is 0 Å². The molecule has 5 heteroatoms. The molecule has 1 heterocycles. The standard InChI is InChI=1S/C13H11Cl2FN2/c1-8(10-3-2-9(16)6-12(10)15)18-13-7-17-5-4-11(13)14/h2-8,18H,1H3. The summed E-state index contributed by atoms with van der Waals surface area (Å²) in [5.41, 5.74) is 1.52. The number of nitrogens with zero attached hydrogens (tertiary/aromatic N) is 1. The summed E-state index contributed by atoms with van der Waals surface area (Å²) >= 11 is 12.0. The van der Waals surface area contributed by atoms with E-state index >= 15 is 0 Å². The van der Waals surface area contributed by atoms with Gasteiger partial charge in [-0.1, -0.05) is 29.3 Å². The van der Waals surface area contributed by atoms with Gasteiger partial charge in [0.2, 0.25) is 0 Å². The maximum Gasteiger partial charge on any atom is 0.124 e. The zero-order valence-electron chi connectivity index (χ0n) is 9.62. The third-order valence-corrected chi connectivity index (χ3v) is 3.23. The minimum absolute atomic E-state index is 0.0974. The van der Waals surface area contributed by atoms with Gasteiger partial charge in [0.25, 0.3) is 0 Å². The average molecular weight is 285 g/mol. The zero-order valence-corrected chi connectivity index (χ0v) is 11.1. The Bertz CT molecular complexity index is 560. The van der Waals surface area contributed by atoms with Crippen LogP contribution in [0, 0.1) is 5.82 Å². The van der Waals surface area contributed by atoms with E-state index in [-0.39, 0.29) is 11.9 Å². The SMILES string of the molecule is CC(Nc1cnccc1Cl)c1ccc(F)cc1Cl. The monoisotopic (exact) mass is 284 g/mol. The van der Waals surface area contributed by atoms with Crippen LogP contribution >= 0.6 is 23.2 Å². The number of anilines is 1. The number of pyridine rings is 1. The van der Waals surface area contributed by atoms with E-state index in [0.717, 1.165) is 5.56 Å². The molecule has 1 N–H and O–H groups in total. The van der Waals surface area contributed by atoms with Gasteiger partial charge in [-0.2, -0.15) is 0 Å². The van der Waals surface area contributed by atoms with Crippen LogP contribution in [0.5, 0.6) is 0 Å². The molecule has 0 fully saturated rings. The third-order valence-electron chi connectivity index (χ3n) is 2.57. The van der Waals surface area contributed by atoms with E-state index in [0.29, 0.717) is 15.7 Å². The van der Waals surface area contributed by atoms with Crippen molar-refractivity contribution in [3.8, 4) is 0 Å². The van der Waals surface area contributed by atoms with E-state index in [9.17, 15) is 4.39 Å². The number of rotatable bonds is 3. The highest BCUT2D eigenvalue weighted by Gasteiger charge is 2.11. The Morgan fingerprint density at radius 2 is 2.00 bits per heavy atom. The number of hydrogen-bond acceptors (Lipinski definition) is 2. The molecule has 0 saturated carbocycles. The van der Waals surface area contributed by atoms with Crippen LogP contribution in [-0.2, 0) is 0 Å². The number of hydrogen-bond donors (Lipinski definition) is 1. The van der Waals surface area contributed by atoms with Crippen LogP contribution in [0.4, 0.5) is 10.1 Å². The van der Waals surface area contributed by atoms with Gasteiger partial charge < -0.3 is 5.32 Å². The number of nitrogens with one attached hydrogen (secondary N) is 1. The van der Waals surface area contributed by atoms with E-state index in [1.165, 1.54) is 12.1 Å². The Labute approximate surface area is 115 Å². The predicted octanol–water partition coefficient (Wildman–Crippen LogP) is 4.70. The lowest BCUT2D eigenvalue weighted by atomic mass is 10.1. The van der Waals surface area contributed by atoms with Crippen LogP contribution in [0.2, 0.25) is 10.0 Å². The molecule has 0 aliphatic carbocycles. The van der Waals surface area contributed by atoms with E-state index in [1.54, 1.807) is 24.5 Å². The first-order valence-corrected chi connectivity index (χ1v) is 6.14. The van der Waals surface area contributed by atoms with Crippen LogP contribution in [0.15, 0.2) is 36.7 Å². The van der Waals surface area contributed by atoms with Gasteiger partial charge in [0.1, 0.15) is 5.82 Å². The Morgan fingerprint density at radius 1 is 1.22 bits per heavy atom. The second-order valence-electron chi connectivity index (χ2n) is 3.89. The van der Waals surface area contributed by atoms with E-state index in [1.807, 2.05) is 6.92 Å². The first-order valence-electron chi connectivity index (χ1n) is 5.39. The fourth-order valence-corrected chi connectivity index (χ4v) is 2.14. The van der Waals surface area contributed by atoms with Crippen molar-refractivity contribution in [1.29, 1.82) is 0 Å². The second kappa shape index (κ2) is 5.55. The van der Waals surface area contributed by atoms with Crippen molar-refractivity contribution in [1.82, 2.24) is 4.98 Å². The number of benzene rings is 1. The van der Waals surface area contributed by atoms with Gasteiger partial charge in [0.15, 0.2) is 0 Å². The van der Waals surface area contributed by atoms with Crippen LogP contribution in [0.1, 0.15) is 18.5 Å². The molecule has 0 spiro atoms. The minimum atomic E-state index is -0.352. The quantitative estimate of drug-likeness (QED) is 0.884. The molecular weight excluding hydrogens is 274 g/mol. The van der Waals surface area contributed by atoms with E-state index in [4.69, 9.17) is 23.2 Å². The van der Waals surface area contributed by atoms with Crippen molar-refractivity contribution in [2.75, 3.05) is 5.32 Å². The molecule has 0 bridgehead atoms. The van der Waals surface area contributed by atoms with Gasteiger partial charge in [-0.15, -0.1) is 0 Å². The summed E-state index contributed by atoms with van der Waals surface area (Å²) in [6, 6.07) is 5.92. The summed E-state index contributed by atoms with van der Waals surface area (Å²) in [5.74, 6) is -0.352. The van der Waals surface area contributed by atoms with E-state index in [2.05, 4.69) is 10.3 Å². The molecule has 2 aromatic rings. The Morgan fingerprint density at radius 3 is 2.67 bits per heavy atom. The summed E-state index contributed by atoms with van der Waals surface area (Å²) in [6.07, 6.45) is 3.25. The minimum Gasteiger partial charge on any atom is -0.376 e. The highest BCUT2D eigenvalue weighted by Crippen LogP contribution is 2.29. The lowest BCUT2D eigenvalue weighted by molar-refractivity contribution is 0.626. The molecule has 1 aromatic heterocycles. The topological polar surface area (TPSA) is 24.9 Å². The van der Waals surface area contributed by atoms with Crippen LogP contribution < -0.4 is 5.32 Å². The van der Waals surface area contributed by atoms with E-state index < -0.39 is 0 Å². The summed E-state index contributed by atoms with van der Waals surface area (Å²) < 4.78 is 13.0. The predicted molar refractivity (Wildman–Crippen MR) is 72.7 cm³/mol. The van der Waals surface area contributed by atoms with Crippen LogP contribution in [-0.4, -0.2) is 4.98 Å². The normalized spacial score (nSPS) is 12.2. The zero-order chi connectivity index (χ0) is 13.1. The Hall–Kier alpha value is -1.32. The fourth-order valence-electron chi connectivity index (χ4n) is 1.65. The molecule has 0 aliphatic heterocycles. The highest BCUT2D eigenvalue weighted by atomic mass is 35.5. The highest BCUT2D eigenvalue weighted by molar-refractivity contribution is 6.33. The van der Waals surface area contributed by atoms with Crippen LogP contribution in [0.25, 0.3) is 0 Å². The largest absolute Gasteiger partial charge is 0.376 e. The molecule has 1 aromatic carbocycles. The van der Waals surface area contributed by atoms with Gasteiger partial charge in [-0.25, -0.2) is 4.39 Å².